The van der Waals surface area contributed by atoms with Gasteiger partial charge in [-0.25, -0.2) is 0 Å². The van der Waals surface area contributed by atoms with Crippen LogP contribution >= 0.6 is 0 Å². The molecule has 30 valence electrons. The summed E-state index contributed by atoms with van der Waals surface area (Å²) in [5, 5.41) is 6.45. The summed E-state index contributed by atoms with van der Waals surface area (Å²) in [6.45, 7) is 3.88. The van der Waals surface area contributed by atoms with Gasteiger partial charge >= 0.3 is 35.7 Å². The number of nitrogens with one attached hydrogen (secondary N) is 1. The summed E-state index contributed by atoms with van der Waals surface area (Å²) < 4.78 is 0. The molecule has 1 rings (SSSR count). The fraction of sp³-hybridized carbons (Fsp3) is 0.333. The van der Waals surface area contributed by atoms with E-state index in [1.807, 2.05) is 13.8 Å². The zero-order valence-corrected chi connectivity index (χ0v) is 3.60. The van der Waals surface area contributed by atoms with Crippen molar-refractivity contribution in [2.24, 2.45) is 0 Å². The van der Waals surface area contributed by atoms with Gasteiger partial charge in [-0.3, -0.25) is 0 Å². The number of H-pyrrole nitrogens is 1. The van der Waals surface area contributed by atoms with Gasteiger partial charge in [0.25, 0.3) is 0 Å². The van der Waals surface area contributed by atoms with Crippen molar-refractivity contribution in [3.05, 3.63) is 11.7 Å². The summed E-state index contributed by atoms with van der Waals surface area (Å²) in [4.78, 5) is 0. The average molecular weight is 79.9 g/mol. The number of aromatic nitrogens is 2. The summed E-state index contributed by atoms with van der Waals surface area (Å²) >= 11 is 0. The molecule has 0 amide bonds. The number of rotatable bonds is 0. The molecule has 0 spiro atoms. The number of hydrogen-bond acceptors (Lipinski definition) is 1. The Morgan fingerprint density at radius 1 is 2.00 bits per heavy atom. The van der Waals surface area contributed by atoms with Gasteiger partial charge in [0.1, 0.15) is 0 Å². The van der Waals surface area contributed by atoms with E-state index < -0.39 is 0 Å². The Morgan fingerprint density at radius 3 is 3.00 bits per heavy atom. The van der Waals surface area contributed by atoms with Crippen LogP contribution in [0.1, 0.15) is 5.59 Å². The number of aromatic amines is 1. The van der Waals surface area contributed by atoms with Gasteiger partial charge in [0.2, 0.25) is 0 Å². The van der Waals surface area contributed by atoms with Crippen molar-refractivity contribution in [3.63, 3.8) is 0 Å². The molecule has 0 unspecified atom stereocenters. The Kier molecular flexibility index (Phi) is 0.745. The fourth-order valence-corrected chi connectivity index (χ4v) is 0.325. The Bertz CT molecular complexity index is 112. The molecule has 0 aliphatic heterocycles. The van der Waals surface area contributed by atoms with Crippen molar-refractivity contribution in [2.45, 2.75) is 6.92 Å². The predicted octanol–water partition coefficient (Wildman–Crippen LogP) is 0.0562. The van der Waals surface area contributed by atoms with E-state index in [4.69, 9.17) is 0 Å². The van der Waals surface area contributed by atoms with E-state index in [-0.39, 0.29) is 0 Å². The fourth-order valence-electron chi connectivity index (χ4n) is 0.325. The third kappa shape index (κ3) is 0.480. The molecule has 0 aliphatic carbocycles. The second kappa shape index (κ2) is 1.24. The molecule has 1 heterocycles. The zero-order valence-electron chi connectivity index (χ0n) is 3.60. The second-order valence-electron chi connectivity index (χ2n) is 1.24. The number of aryl methyl sites for hydroxylation is 1. The quantitative estimate of drug-likeness (QED) is 0.468. The summed E-state index contributed by atoms with van der Waals surface area (Å²) in [5.74, 6) is 0. The molecular formula is C3H5BN2. The van der Waals surface area contributed by atoms with Crippen LogP contribution in [0.5, 0.6) is 0 Å². The van der Waals surface area contributed by atoms with Gasteiger partial charge in [0, 0.05) is 0 Å². The maximum absolute atomic E-state index is 3.70. The van der Waals surface area contributed by atoms with Crippen molar-refractivity contribution in [1.29, 1.82) is 0 Å². The normalized spacial score (nSPS) is 8.17. The Morgan fingerprint density at radius 2 is 2.83 bits per heavy atom. The molecule has 0 aliphatic rings. The van der Waals surface area contributed by atoms with Crippen LogP contribution in [0.2, 0.25) is 0 Å². The third-order valence-corrected chi connectivity index (χ3v) is 0.640. The molecule has 3 heteroatoms. The molecule has 0 fully saturated rings. The predicted molar refractivity (Wildman–Crippen MR) is 24.7 cm³/mol. The molecular weight excluding hydrogens is 74.9 g/mol. The van der Waals surface area contributed by atoms with Crippen molar-refractivity contribution in [1.82, 2.24) is 10.2 Å². The first-order valence-corrected chi connectivity index (χ1v) is 1.85. The van der Waals surface area contributed by atoms with Gasteiger partial charge < -0.3 is 0 Å². The first-order valence-electron chi connectivity index (χ1n) is 1.85. The Balaban J connectivity index is 3.05. The van der Waals surface area contributed by atoms with E-state index in [1.54, 1.807) is 6.09 Å². The summed E-state index contributed by atoms with van der Waals surface area (Å²) in [7, 11) is 0. The van der Waals surface area contributed by atoms with Gasteiger partial charge in [-0.1, -0.05) is 0 Å². The van der Waals surface area contributed by atoms with Gasteiger partial charge in [0.05, 0.1) is 0 Å². The van der Waals surface area contributed by atoms with E-state index >= 15 is 0 Å². The summed E-state index contributed by atoms with van der Waals surface area (Å²) in [6.07, 6.45) is 1.73. The SMILES string of the molecule is Cc1bcn[nH]1. The molecule has 0 aromatic carbocycles. The van der Waals surface area contributed by atoms with Crippen LogP contribution in [-0.4, -0.2) is 17.1 Å². The standard InChI is InChI=1S/C3H5BN2/c1-3-4-2-5-6-3/h2,6H,1H3. The molecule has 1 aromatic heterocycles. The average Bonchev–Trinajstić information content (AvgIpc) is 1.86. The summed E-state index contributed by atoms with van der Waals surface area (Å²) in [5.41, 5.74) is 1.11. The molecule has 0 saturated carbocycles. The monoisotopic (exact) mass is 80.1 g/mol. The van der Waals surface area contributed by atoms with Gasteiger partial charge in [0.15, 0.2) is 0 Å². The first kappa shape index (κ1) is 3.59. The minimum absolute atomic E-state index is 1.11. The molecule has 0 saturated heterocycles. The van der Waals surface area contributed by atoms with Gasteiger partial charge in [-0.15, -0.1) is 0 Å². The molecule has 0 atom stereocenters. The molecule has 1 N–H and O–H groups in total. The van der Waals surface area contributed by atoms with Crippen molar-refractivity contribution in [2.75, 3.05) is 0 Å². The van der Waals surface area contributed by atoms with Crippen molar-refractivity contribution >= 4 is 6.91 Å². The van der Waals surface area contributed by atoms with Crippen LogP contribution in [0, 0.1) is 6.92 Å². The van der Waals surface area contributed by atoms with Crippen molar-refractivity contribution < 1.29 is 0 Å². The van der Waals surface area contributed by atoms with E-state index in [9.17, 15) is 0 Å². The Labute approximate surface area is 36.8 Å². The van der Waals surface area contributed by atoms with Crippen LogP contribution in [0.25, 0.3) is 0 Å². The topological polar surface area (TPSA) is 28.7 Å². The van der Waals surface area contributed by atoms with E-state index in [0.717, 1.165) is 5.59 Å². The van der Waals surface area contributed by atoms with Crippen LogP contribution in [0.15, 0.2) is 6.09 Å². The van der Waals surface area contributed by atoms with Crippen LogP contribution in [-0.2, 0) is 0 Å². The van der Waals surface area contributed by atoms with E-state index in [2.05, 4.69) is 10.2 Å². The molecule has 6 heavy (non-hydrogen) atoms. The molecule has 0 radical (unpaired) electrons. The van der Waals surface area contributed by atoms with E-state index in [1.165, 1.54) is 0 Å². The minimum atomic E-state index is 1.11. The second-order valence-corrected chi connectivity index (χ2v) is 1.24. The maximum atomic E-state index is 3.70. The van der Waals surface area contributed by atoms with Crippen LogP contribution < -0.4 is 0 Å². The first-order chi connectivity index (χ1) is 2.89. The molecule has 1 aromatic rings. The third-order valence-electron chi connectivity index (χ3n) is 0.640. The van der Waals surface area contributed by atoms with Crippen LogP contribution in [0.4, 0.5) is 0 Å². The number of nitrogens with zero attached hydrogens (tertiary/aromatic N) is 1. The zero-order chi connectivity index (χ0) is 4.41. The van der Waals surface area contributed by atoms with Crippen LogP contribution in [0.3, 0.4) is 0 Å². The number of hydrogen-bond donors (Lipinski definition) is 1. The van der Waals surface area contributed by atoms with Crippen molar-refractivity contribution in [3.8, 4) is 0 Å². The summed E-state index contributed by atoms with van der Waals surface area (Å²) in [6, 6.07) is 0. The van der Waals surface area contributed by atoms with E-state index in [0.29, 0.717) is 0 Å². The molecule has 0 bridgehead atoms. The van der Waals surface area contributed by atoms with Gasteiger partial charge in [-0.05, 0) is 0 Å². The Hall–Kier alpha value is -0.595. The van der Waals surface area contributed by atoms with Gasteiger partial charge in [-0.2, -0.15) is 0 Å². The molecule has 2 nitrogen and oxygen atoms in total.